The Hall–Kier alpha value is -1.21. The zero-order valence-corrected chi connectivity index (χ0v) is 9.82. The van der Waals surface area contributed by atoms with Crippen molar-refractivity contribution in [2.45, 2.75) is 26.4 Å². The van der Waals surface area contributed by atoms with Crippen molar-refractivity contribution in [2.75, 3.05) is 19.7 Å². The highest BCUT2D eigenvalue weighted by Crippen LogP contribution is 2.17. The van der Waals surface area contributed by atoms with Crippen molar-refractivity contribution >= 4 is 6.09 Å². The summed E-state index contributed by atoms with van der Waals surface area (Å²) in [6, 6.07) is 0. The Morgan fingerprint density at radius 1 is 1.35 bits per heavy atom. The molecule has 7 heteroatoms. The van der Waals surface area contributed by atoms with E-state index in [-0.39, 0.29) is 0 Å². The van der Waals surface area contributed by atoms with Crippen molar-refractivity contribution in [1.29, 1.82) is 0 Å². The van der Waals surface area contributed by atoms with E-state index in [2.05, 4.69) is 4.74 Å². The number of nitrogens with zero attached hydrogens (tertiary/aromatic N) is 1. The number of amides is 1. The van der Waals surface area contributed by atoms with Crippen LogP contribution in [0.2, 0.25) is 0 Å². The fraction of sp³-hybridized carbons (Fsp3) is 0.700. The number of aliphatic hydroxyl groups is 2. The van der Waals surface area contributed by atoms with Crippen LogP contribution in [0.4, 0.5) is 13.6 Å². The maximum Gasteiger partial charge on any atom is 0.415 e. The Morgan fingerprint density at radius 2 is 1.88 bits per heavy atom. The lowest BCUT2D eigenvalue weighted by Gasteiger charge is -2.19. The molecule has 0 fully saturated rings. The highest BCUT2D eigenvalue weighted by atomic mass is 19.3. The molecule has 0 aliphatic heterocycles. The van der Waals surface area contributed by atoms with Gasteiger partial charge in [0.25, 0.3) is 0 Å². The van der Waals surface area contributed by atoms with E-state index in [1.54, 1.807) is 13.8 Å². The summed E-state index contributed by atoms with van der Waals surface area (Å²) in [6.45, 7) is 3.35. The van der Waals surface area contributed by atoms with E-state index in [9.17, 15) is 13.6 Å². The van der Waals surface area contributed by atoms with Crippen LogP contribution in [0.25, 0.3) is 0 Å². The molecule has 0 aromatic heterocycles. The normalized spacial score (nSPS) is 11.9. The van der Waals surface area contributed by atoms with Gasteiger partial charge in [0.1, 0.15) is 0 Å². The molecule has 5 nitrogen and oxygen atoms in total. The van der Waals surface area contributed by atoms with Gasteiger partial charge < -0.3 is 19.8 Å². The highest BCUT2D eigenvalue weighted by molar-refractivity contribution is 5.68. The first-order chi connectivity index (χ1) is 7.96. The van der Waals surface area contributed by atoms with Gasteiger partial charge in [0.05, 0.1) is 12.7 Å². The zero-order chi connectivity index (χ0) is 13.4. The monoisotopic (exact) mass is 253 g/mol. The molecule has 0 spiro atoms. The highest BCUT2D eigenvalue weighted by Gasteiger charge is 2.20. The molecule has 0 saturated carbocycles. The Morgan fingerprint density at radius 3 is 2.24 bits per heavy atom. The van der Waals surface area contributed by atoms with E-state index in [1.807, 2.05) is 0 Å². The van der Waals surface area contributed by atoms with E-state index < -0.39 is 37.1 Å². The molecule has 1 amide bonds. The summed E-state index contributed by atoms with van der Waals surface area (Å²) in [5.41, 5.74) is 0. The van der Waals surface area contributed by atoms with Crippen molar-refractivity contribution in [1.82, 2.24) is 4.90 Å². The molecular formula is C10H17F2NO4. The summed E-state index contributed by atoms with van der Waals surface area (Å²) < 4.78 is 29.3. The third-order valence-electron chi connectivity index (χ3n) is 2.07. The van der Waals surface area contributed by atoms with Crippen molar-refractivity contribution in [3.8, 4) is 0 Å². The number of hydrogen-bond donors (Lipinski definition) is 2. The van der Waals surface area contributed by atoms with Crippen LogP contribution in [0.5, 0.6) is 0 Å². The molecule has 0 aliphatic carbocycles. The molecule has 2 N–H and O–H groups in total. The zero-order valence-electron chi connectivity index (χ0n) is 9.82. The average molecular weight is 253 g/mol. The van der Waals surface area contributed by atoms with Gasteiger partial charge in [-0.25, -0.2) is 4.79 Å². The Kier molecular flexibility index (Phi) is 7.40. The smallest absolute Gasteiger partial charge is 0.409 e. The van der Waals surface area contributed by atoms with Crippen LogP contribution >= 0.6 is 0 Å². The number of halogens is 2. The second-order valence-corrected chi connectivity index (χ2v) is 3.26. The number of aliphatic hydroxyl groups excluding tert-OH is 2. The van der Waals surface area contributed by atoms with Crippen molar-refractivity contribution in [3.63, 3.8) is 0 Å². The van der Waals surface area contributed by atoms with Gasteiger partial charge in [-0.1, -0.05) is 0 Å². The van der Waals surface area contributed by atoms with Crippen LogP contribution in [-0.2, 0) is 4.74 Å². The minimum absolute atomic E-state index is 0.332. The first-order valence-corrected chi connectivity index (χ1v) is 5.26. The third kappa shape index (κ3) is 5.60. The van der Waals surface area contributed by atoms with Crippen LogP contribution in [0.15, 0.2) is 11.8 Å². The average Bonchev–Trinajstić information content (AvgIpc) is 2.29. The van der Waals surface area contributed by atoms with Gasteiger partial charge in [0.15, 0.2) is 5.76 Å². The molecular weight excluding hydrogens is 236 g/mol. The molecule has 1 atom stereocenters. The Balaban J connectivity index is 4.57. The molecule has 0 saturated heterocycles. The molecule has 17 heavy (non-hydrogen) atoms. The maximum absolute atomic E-state index is 12.4. The molecule has 0 aromatic rings. The second-order valence-electron chi connectivity index (χ2n) is 3.26. The molecule has 100 valence electrons. The lowest BCUT2D eigenvalue weighted by molar-refractivity contribution is 0.0720. The third-order valence-corrected chi connectivity index (χ3v) is 2.07. The van der Waals surface area contributed by atoms with Crippen molar-refractivity contribution in [3.05, 3.63) is 11.8 Å². The van der Waals surface area contributed by atoms with Gasteiger partial charge in [0, 0.05) is 19.5 Å². The SMILES string of the molecule is CCN(CC)C(=O)OC(CC(O)CO)=C(F)F. The summed E-state index contributed by atoms with van der Waals surface area (Å²) in [7, 11) is 0. The fourth-order valence-electron chi connectivity index (χ4n) is 1.09. The molecule has 0 aromatic carbocycles. The van der Waals surface area contributed by atoms with Crippen LogP contribution < -0.4 is 0 Å². The quantitative estimate of drug-likeness (QED) is 0.700. The number of rotatable bonds is 6. The standard InChI is InChI=1S/C10H17F2NO4/c1-3-13(4-2)10(16)17-8(9(11)12)5-7(15)6-14/h7,14-15H,3-6H2,1-2H3. The van der Waals surface area contributed by atoms with Crippen molar-refractivity contribution < 1.29 is 28.5 Å². The molecule has 0 heterocycles. The van der Waals surface area contributed by atoms with E-state index in [0.717, 1.165) is 0 Å². The summed E-state index contributed by atoms with van der Waals surface area (Å²) >= 11 is 0. The molecule has 0 aliphatic rings. The molecule has 0 bridgehead atoms. The van der Waals surface area contributed by atoms with Gasteiger partial charge in [0.2, 0.25) is 0 Å². The summed E-state index contributed by atoms with van der Waals surface area (Å²) in [6.07, 6.45) is -5.07. The van der Waals surface area contributed by atoms with E-state index in [0.29, 0.717) is 13.1 Å². The summed E-state index contributed by atoms with van der Waals surface area (Å²) in [5.74, 6) is -0.913. The van der Waals surface area contributed by atoms with Crippen LogP contribution in [0, 0.1) is 0 Å². The minimum atomic E-state index is -2.18. The Bertz CT molecular complexity index is 275. The van der Waals surface area contributed by atoms with Gasteiger partial charge in [-0.3, -0.25) is 0 Å². The number of carbonyl (C=O) groups excluding carboxylic acids is 1. The lowest BCUT2D eigenvalue weighted by atomic mass is 10.2. The number of hydrogen-bond acceptors (Lipinski definition) is 4. The summed E-state index contributed by atoms with van der Waals surface area (Å²) in [4.78, 5) is 12.6. The summed E-state index contributed by atoms with van der Waals surface area (Å²) in [5, 5.41) is 17.6. The largest absolute Gasteiger partial charge is 0.415 e. The van der Waals surface area contributed by atoms with E-state index >= 15 is 0 Å². The van der Waals surface area contributed by atoms with E-state index in [4.69, 9.17) is 10.2 Å². The van der Waals surface area contributed by atoms with E-state index in [1.165, 1.54) is 4.90 Å². The molecule has 0 radical (unpaired) electrons. The molecule has 0 rings (SSSR count). The predicted octanol–water partition coefficient (Wildman–Crippen LogP) is 1.32. The minimum Gasteiger partial charge on any atom is -0.409 e. The van der Waals surface area contributed by atoms with Crippen LogP contribution in [-0.4, -0.2) is 47.0 Å². The van der Waals surface area contributed by atoms with Crippen LogP contribution in [0.1, 0.15) is 20.3 Å². The molecule has 1 unspecified atom stereocenters. The number of ether oxygens (including phenoxy) is 1. The second kappa shape index (κ2) is 7.97. The van der Waals surface area contributed by atoms with Gasteiger partial charge in [-0.05, 0) is 13.8 Å². The maximum atomic E-state index is 12.4. The predicted molar refractivity (Wildman–Crippen MR) is 56.4 cm³/mol. The van der Waals surface area contributed by atoms with Gasteiger partial charge in [-0.2, -0.15) is 8.78 Å². The topological polar surface area (TPSA) is 70.0 Å². The van der Waals surface area contributed by atoms with Crippen LogP contribution in [0.3, 0.4) is 0 Å². The first-order valence-electron chi connectivity index (χ1n) is 5.26. The number of carbonyl (C=O) groups is 1. The van der Waals surface area contributed by atoms with Crippen molar-refractivity contribution in [2.24, 2.45) is 0 Å². The lowest BCUT2D eigenvalue weighted by Crippen LogP contribution is -2.31. The first kappa shape index (κ1) is 15.8. The van der Waals surface area contributed by atoms with Gasteiger partial charge >= 0.3 is 12.2 Å². The fourth-order valence-corrected chi connectivity index (χ4v) is 1.09. The van der Waals surface area contributed by atoms with Gasteiger partial charge in [-0.15, -0.1) is 0 Å². The Labute approximate surface area is 98.3 Å².